The lowest BCUT2D eigenvalue weighted by Crippen LogP contribution is -2.04. The molecule has 1 N–H and O–H groups in total. The highest BCUT2D eigenvalue weighted by Gasteiger charge is 2.17. The number of nitrogens with zero attached hydrogens (tertiary/aromatic N) is 2. The average molecular weight is 307 g/mol. The molecule has 0 saturated heterocycles. The molecular weight excluding hydrogens is 289 g/mol. The predicted molar refractivity (Wildman–Crippen MR) is 88.3 cm³/mol. The molecule has 4 rings (SSSR count). The van der Waals surface area contributed by atoms with Gasteiger partial charge in [-0.15, -0.1) is 0 Å². The molecule has 0 amide bonds. The Morgan fingerprint density at radius 1 is 1.09 bits per heavy atom. The Kier molecular flexibility index (Phi) is 3.67. The third kappa shape index (κ3) is 2.78. The van der Waals surface area contributed by atoms with Gasteiger partial charge in [0.05, 0.1) is 18.2 Å². The zero-order valence-electron chi connectivity index (χ0n) is 12.8. The van der Waals surface area contributed by atoms with Gasteiger partial charge in [-0.25, -0.2) is 9.37 Å². The van der Waals surface area contributed by atoms with E-state index < -0.39 is 0 Å². The minimum Gasteiger partial charge on any atom is -0.330 e. The van der Waals surface area contributed by atoms with Crippen molar-refractivity contribution in [3.8, 4) is 11.3 Å². The van der Waals surface area contributed by atoms with Crippen molar-refractivity contribution in [3.05, 3.63) is 77.5 Å². The summed E-state index contributed by atoms with van der Waals surface area (Å²) in [4.78, 5) is 4.33. The van der Waals surface area contributed by atoms with Crippen LogP contribution >= 0.6 is 0 Å². The smallest absolute Gasteiger partial charge is 0.123 e. The van der Waals surface area contributed by atoms with Crippen molar-refractivity contribution >= 4 is 0 Å². The van der Waals surface area contributed by atoms with Crippen LogP contribution in [0.25, 0.3) is 11.3 Å². The van der Waals surface area contributed by atoms with Crippen molar-refractivity contribution in [1.82, 2.24) is 14.9 Å². The number of aryl methyl sites for hydroxylation is 2. The highest BCUT2D eigenvalue weighted by atomic mass is 19.1. The first-order chi connectivity index (χ1) is 11.3. The fourth-order valence-corrected chi connectivity index (χ4v) is 3.20. The minimum atomic E-state index is -0.190. The van der Waals surface area contributed by atoms with E-state index in [1.807, 2.05) is 24.7 Å². The molecule has 0 unspecified atom stereocenters. The molecule has 0 saturated carbocycles. The van der Waals surface area contributed by atoms with E-state index >= 15 is 0 Å². The van der Waals surface area contributed by atoms with Gasteiger partial charge in [-0.1, -0.05) is 30.3 Å². The molecule has 0 fully saturated rings. The predicted octanol–water partition coefficient (Wildman–Crippen LogP) is 3.54. The van der Waals surface area contributed by atoms with E-state index in [1.165, 1.54) is 28.8 Å². The van der Waals surface area contributed by atoms with Gasteiger partial charge < -0.3 is 9.88 Å². The first-order valence-corrected chi connectivity index (χ1v) is 7.88. The van der Waals surface area contributed by atoms with Crippen LogP contribution in [0.4, 0.5) is 4.39 Å². The van der Waals surface area contributed by atoms with Crippen molar-refractivity contribution in [2.75, 3.05) is 0 Å². The Balaban J connectivity index is 1.59. The van der Waals surface area contributed by atoms with Gasteiger partial charge in [0.15, 0.2) is 0 Å². The summed E-state index contributed by atoms with van der Waals surface area (Å²) in [6.07, 6.45) is 4.66. The molecule has 4 heteroatoms. The number of hydrogen-bond acceptors (Lipinski definition) is 2. The summed E-state index contributed by atoms with van der Waals surface area (Å²) in [7, 11) is 0. The number of rotatable bonds is 4. The van der Waals surface area contributed by atoms with Crippen LogP contribution < -0.4 is 5.32 Å². The quantitative estimate of drug-likeness (QED) is 0.799. The maximum Gasteiger partial charge on any atom is 0.123 e. The molecule has 2 aromatic carbocycles. The second-order valence-corrected chi connectivity index (χ2v) is 5.90. The SMILES string of the molecule is Fc1ccc(CCn2cncc2-c2cccc3c2CNC3)cc1. The summed E-state index contributed by atoms with van der Waals surface area (Å²) in [6.45, 7) is 2.68. The van der Waals surface area contributed by atoms with Crippen molar-refractivity contribution in [2.24, 2.45) is 0 Å². The van der Waals surface area contributed by atoms with Crippen LogP contribution in [0.3, 0.4) is 0 Å². The fraction of sp³-hybridized carbons (Fsp3) is 0.211. The topological polar surface area (TPSA) is 29.9 Å². The van der Waals surface area contributed by atoms with Gasteiger partial charge in [0.1, 0.15) is 5.82 Å². The number of halogens is 1. The highest BCUT2D eigenvalue weighted by molar-refractivity contribution is 5.66. The third-order valence-electron chi connectivity index (χ3n) is 4.43. The lowest BCUT2D eigenvalue weighted by atomic mass is 10.0. The zero-order chi connectivity index (χ0) is 15.6. The van der Waals surface area contributed by atoms with Crippen molar-refractivity contribution in [2.45, 2.75) is 26.1 Å². The molecule has 1 aliphatic rings. The standard InChI is InChI=1S/C19H18FN3/c20-16-6-4-14(5-7-16)8-9-23-13-22-12-19(23)17-3-1-2-15-10-21-11-18(15)17/h1-7,12-13,21H,8-11H2. The van der Waals surface area contributed by atoms with Gasteiger partial charge in [-0.2, -0.15) is 0 Å². The first-order valence-electron chi connectivity index (χ1n) is 7.88. The van der Waals surface area contributed by atoms with Gasteiger partial charge in [0.2, 0.25) is 0 Å². The Morgan fingerprint density at radius 2 is 1.96 bits per heavy atom. The van der Waals surface area contributed by atoms with E-state index in [4.69, 9.17) is 0 Å². The Morgan fingerprint density at radius 3 is 2.83 bits per heavy atom. The first kappa shape index (κ1) is 14.2. The van der Waals surface area contributed by atoms with Crippen LogP contribution in [0.1, 0.15) is 16.7 Å². The molecule has 1 aromatic heterocycles. The minimum absolute atomic E-state index is 0.190. The highest BCUT2D eigenvalue weighted by Crippen LogP contribution is 2.29. The van der Waals surface area contributed by atoms with Gasteiger partial charge in [-0.3, -0.25) is 0 Å². The summed E-state index contributed by atoms with van der Waals surface area (Å²) in [5.41, 5.74) is 6.27. The molecule has 0 atom stereocenters. The molecular formula is C19H18FN3. The molecule has 0 bridgehead atoms. The number of hydrogen-bond donors (Lipinski definition) is 1. The number of fused-ring (bicyclic) bond motifs is 1. The van der Waals surface area contributed by atoms with Crippen molar-refractivity contribution in [1.29, 1.82) is 0 Å². The van der Waals surface area contributed by atoms with Crippen molar-refractivity contribution in [3.63, 3.8) is 0 Å². The normalized spacial score (nSPS) is 13.3. The Hall–Kier alpha value is -2.46. The summed E-state index contributed by atoms with van der Waals surface area (Å²) >= 11 is 0. The zero-order valence-corrected chi connectivity index (χ0v) is 12.8. The van der Waals surface area contributed by atoms with E-state index in [2.05, 4.69) is 33.1 Å². The van der Waals surface area contributed by atoms with Crippen LogP contribution in [-0.2, 0) is 26.1 Å². The Bertz CT molecular complexity index is 821. The molecule has 23 heavy (non-hydrogen) atoms. The maximum atomic E-state index is 13.0. The number of nitrogens with one attached hydrogen (secondary N) is 1. The molecule has 0 aliphatic carbocycles. The van der Waals surface area contributed by atoms with Crippen LogP contribution in [0.5, 0.6) is 0 Å². The molecule has 1 aliphatic heterocycles. The lowest BCUT2D eigenvalue weighted by molar-refractivity contribution is 0.625. The summed E-state index contributed by atoms with van der Waals surface area (Å²) in [6, 6.07) is 13.2. The van der Waals surface area contributed by atoms with Crippen LogP contribution in [0.15, 0.2) is 55.0 Å². The lowest BCUT2D eigenvalue weighted by Gasteiger charge is -2.11. The maximum absolute atomic E-state index is 13.0. The number of imidazole rings is 1. The number of benzene rings is 2. The van der Waals surface area contributed by atoms with E-state index in [0.717, 1.165) is 37.3 Å². The van der Waals surface area contributed by atoms with Gasteiger partial charge in [0, 0.05) is 25.2 Å². The molecule has 0 radical (unpaired) electrons. The molecule has 3 aromatic rings. The van der Waals surface area contributed by atoms with E-state index in [1.54, 1.807) is 0 Å². The second-order valence-electron chi connectivity index (χ2n) is 5.90. The molecule has 2 heterocycles. The van der Waals surface area contributed by atoms with E-state index in [-0.39, 0.29) is 5.82 Å². The van der Waals surface area contributed by atoms with E-state index in [0.29, 0.717) is 0 Å². The third-order valence-corrected chi connectivity index (χ3v) is 4.43. The van der Waals surface area contributed by atoms with Crippen LogP contribution in [-0.4, -0.2) is 9.55 Å². The van der Waals surface area contributed by atoms with Crippen LogP contribution in [0.2, 0.25) is 0 Å². The monoisotopic (exact) mass is 307 g/mol. The Labute approximate surface area is 134 Å². The fourth-order valence-electron chi connectivity index (χ4n) is 3.20. The average Bonchev–Trinajstić information content (AvgIpc) is 3.23. The summed E-state index contributed by atoms with van der Waals surface area (Å²) in [5.74, 6) is -0.190. The summed E-state index contributed by atoms with van der Waals surface area (Å²) in [5, 5.41) is 3.41. The molecule has 0 spiro atoms. The second kappa shape index (κ2) is 5.97. The molecule has 116 valence electrons. The largest absolute Gasteiger partial charge is 0.330 e. The van der Waals surface area contributed by atoms with Gasteiger partial charge >= 0.3 is 0 Å². The molecule has 3 nitrogen and oxygen atoms in total. The summed E-state index contributed by atoms with van der Waals surface area (Å²) < 4.78 is 15.2. The van der Waals surface area contributed by atoms with Gasteiger partial charge in [-0.05, 0) is 35.2 Å². The van der Waals surface area contributed by atoms with E-state index in [9.17, 15) is 4.39 Å². The van der Waals surface area contributed by atoms with Crippen LogP contribution in [0, 0.1) is 5.82 Å². The number of aromatic nitrogens is 2. The van der Waals surface area contributed by atoms with Crippen molar-refractivity contribution < 1.29 is 4.39 Å². The van der Waals surface area contributed by atoms with Gasteiger partial charge in [0.25, 0.3) is 0 Å².